The van der Waals surface area contributed by atoms with Gasteiger partial charge in [-0.15, -0.1) is 0 Å². The van der Waals surface area contributed by atoms with E-state index in [1.807, 2.05) is 13.0 Å². The van der Waals surface area contributed by atoms with E-state index in [1.54, 1.807) is 0 Å². The summed E-state index contributed by atoms with van der Waals surface area (Å²) >= 11 is 0. The molecular formula is C15H26O3. The van der Waals surface area contributed by atoms with Crippen LogP contribution in [0.1, 0.15) is 47.0 Å². The zero-order valence-electron chi connectivity index (χ0n) is 12.0. The quantitative estimate of drug-likeness (QED) is 0.534. The third kappa shape index (κ3) is 8.99. The van der Waals surface area contributed by atoms with Gasteiger partial charge in [-0.1, -0.05) is 24.1 Å². The molecule has 0 radical (unpaired) electrons. The van der Waals surface area contributed by atoms with Gasteiger partial charge in [0.25, 0.3) is 0 Å². The van der Waals surface area contributed by atoms with Crippen LogP contribution in [0.25, 0.3) is 0 Å². The van der Waals surface area contributed by atoms with Crippen molar-refractivity contribution in [2.24, 2.45) is 5.92 Å². The van der Waals surface area contributed by atoms with Gasteiger partial charge in [0.1, 0.15) is 6.61 Å². The lowest BCUT2D eigenvalue weighted by molar-refractivity contribution is -0.139. The Bertz CT molecular complexity index is 303. The summed E-state index contributed by atoms with van der Waals surface area (Å²) in [5, 5.41) is 8.86. The van der Waals surface area contributed by atoms with Crippen LogP contribution in [-0.4, -0.2) is 24.3 Å². The first kappa shape index (κ1) is 16.9. The number of rotatable bonds is 8. The van der Waals surface area contributed by atoms with Gasteiger partial charge in [0, 0.05) is 13.5 Å². The van der Waals surface area contributed by atoms with Crippen molar-refractivity contribution in [3.63, 3.8) is 0 Å². The summed E-state index contributed by atoms with van der Waals surface area (Å²) in [6.07, 6.45) is 6.96. The number of carbonyl (C=O) groups is 1. The molecule has 0 aromatic heterocycles. The molecule has 0 fully saturated rings. The topological polar surface area (TPSA) is 46.5 Å². The van der Waals surface area contributed by atoms with Gasteiger partial charge in [-0.05, 0) is 45.1 Å². The molecule has 0 saturated carbocycles. The standard InChI is InChI=1S/C15H26O3/c1-12(9-11-18-15(4)17)6-5-7-13(2)14(3)8-10-16/h7,9,14,16H,5-6,8,10-11H2,1-4H3/b12-9+,13-7+/t14-/m1/s1. The number of allylic oxidation sites excluding steroid dienone is 3. The van der Waals surface area contributed by atoms with Crippen molar-refractivity contribution in [2.75, 3.05) is 13.2 Å². The van der Waals surface area contributed by atoms with Crippen LogP contribution in [-0.2, 0) is 9.53 Å². The van der Waals surface area contributed by atoms with Crippen molar-refractivity contribution < 1.29 is 14.6 Å². The average Bonchev–Trinajstić information content (AvgIpc) is 2.28. The Balaban J connectivity index is 3.94. The fourth-order valence-electron chi connectivity index (χ4n) is 1.55. The van der Waals surface area contributed by atoms with E-state index in [0.29, 0.717) is 12.5 Å². The molecule has 3 nitrogen and oxygen atoms in total. The molecule has 3 heteroatoms. The van der Waals surface area contributed by atoms with E-state index in [1.165, 1.54) is 18.1 Å². The summed E-state index contributed by atoms with van der Waals surface area (Å²) in [6, 6.07) is 0. The van der Waals surface area contributed by atoms with Gasteiger partial charge in [0.05, 0.1) is 0 Å². The number of ether oxygens (including phenoxy) is 1. The van der Waals surface area contributed by atoms with Crippen LogP contribution >= 0.6 is 0 Å². The number of hydrogen-bond donors (Lipinski definition) is 1. The van der Waals surface area contributed by atoms with Crippen molar-refractivity contribution in [3.05, 3.63) is 23.3 Å². The minimum atomic E-state index is -0.243. The third-order valence-corrected chi connectivity index (χ3v) is 3.06. The molecule has 0 rings (SSSR count). The van der Waals surface area contributed by atoms with E-state index in [0.717, 1.165) is 19.3 Å². The van der Waals surface area contributed by atoms with Crippen molar-refractivity contribution in [3.8, 4) is 0 Å². The van der Waals surface area contributed by atoms with E-state index >= 15 is 0 Å². The predicted octanol–water partition coefficient (Wildman–Crippen LogP) is 3.24. The Morgan fingerprint density at radius 1 is 1.28 bits per heavy atom. The number of hydrogen-bond acceptors (Lipinski definition) is 3. The second kappa shape index (κ2) is 9.89. The first-order valence-electron chi connectivity index (χ1n) is 6.53. The lowest BCUT2D eigenvalue weighted by atomic mass is 9.97. The van der Waals surface area contributed by atoms with Gasteiger partial charge in [-0.25, -0.2) is 0 Å². The molecule has 0 saturated heterocycles. The molecule has 0 bridgehead atoms. The fourth-order valence-corrected chi connectivity index (χ4v) is 1.55. The lowest BCUT2D eigenvalue weighted by Crippen LogP contribution is -1.99. The Morgan fingerprint density at radius 2 is 1.94 bits per heavy atom. The molecule has 0 heterocycles. The Labute approximate surface area is 111 Å². The zero-order chi connectivity index (χ0) is 14.0. The smallest absolute Gasteiger partial charge is 0.302 e. The molecule has 104 valence electrons. The summed E-state index contributed by atoms with van der Waals surface area (Å²) in [4.78, 5) is 10.6. The Kier molecular flexibility index (Phi) is 9.29. The van der Waals surface area contributed by atoms with Crippen molar-refractivity contribution in [2.45, 2.75) is 47.0 Å². The zero-order valence-corrected chi connectivity index (χ0v) is 12.0. The van der Waals surface area contributed by atoms with Gasteiger partial charge in [0.2, 0.25) is 0 Å². The van der Waals surface area contributed by atoms with Crippen molar-refractivity contribution >= 4 is 5.97 Å². The van der Waals surface area contributed by atoms with Crippen molar-refractivity contribution in [1.82, 2.24) is 0 Å². The molecule has 0 spiro atoms. The van der Waals surface area contributed by atoms with E-state index < -0.39 is 0 Å². The van der Waals surface area contributed by atoms with E-state index in [-0.39, 0.29) is 12.6 Å². The highest BCUT2D eigenvalue weighted by atomic mass is 16.5. The molecular weight excluding hydrogens is 228 g/mol. The molecule has 0 aliphatic carbocycles. The first-order valence-corrected chi connectivity index (χ1v) is 6.53. The van der Waals surface area contributed by atoms with Crippen LogP contribution in [0.5, 0.6) is 0 Å². The summed E-state index contributed by atoms with van der Waals surface area (Å²) in [7, 11) is 0. The first-order chi connectivity index (χ1) is 8.47. The fraction of sp³-hybridized carbons (Fsp3) is 0.667. The van der Waals surface area contributed by atoms with Crippen LogP contribution in [0.3, 0.4) is 0 Å². The van der Waals surface area contributed by atoms with Gasteiger partial charge >= 0.3 is 5.97 Å². The summed E-state index contributed by atoms with van der Waals surface area (Å²) < 4.78 is 4.85. The predicted molar refractivity (Wildman–Crippen MR) is 74.2 cm³/mol. The third-order valence-electron chi connectivity index (χ3n) is 3.06. The maximum Gasteiger partial charge on any atom is 0.302 e. The van der Waals surface area contributed by atoms with Crippen LogP contribution in [0, 0.1) is 5.92 Å². The lowest BCUT2D eigenvalue weighted by Gasteiger charge is -2.10. The minimum absolute atomic E-state index is 0.243. The van der Waals surface area contributed by atoms with E-state index in [9.17, 15) is 4.79 Å². The molecule has 0 aliphatic rings. The van der Waals surface area contributed by atoms with E-state index in [2.05, 4.69) is 19.9 Å². The molecule has 0 unspecified atom stereocenters. The summed E-state index contributed by atoms with van der Waals surface area (Å²) in [5.41, 5.74) is 2.56. The van der Waals surface area contributed by atoms with Crippen molar-refractivity contribution in [1.29, 1.82) is 0 Å². The number of esters is 1. The molecule has 0 aromatic rings. The second-order valence-corrected chi connectivity index (χ2v) is 4.75. The largest absolute Gasteiger partial charge is 0.462 e. The number of aliphatic hydroxyl groups is 1. The van der Waals surface area contributed by atoms with Crippen LogP contribution < -0.4 is 0 Å². The molecule has 18 heavy (non-hydrogen) atoms. The average molecular weight is 254 g/mol. The highest BCUT2D eigenvalue weighted by Crippen LogP contribution is 2.15. The molecule has 0 aromatic carbocycles. The minimum Gasteiger partial charge on any atom is -0.462 e. The Morgan fingerprint density at radius 3 is 2.50 bits per heavy atom. The van der Waals surface area contributed by atoms with Gasteiger partial charge in [0.15, 0.2) is 0 Å². The normalized spacial score (nSPS) is 14.5. The second-order valence-electron chi connectivity index (χ2n) is 4.75. The van der Waals surface area contributed by atoms with Crippen LogP contribution in [0.4, 0.5) is 0 Å². The highest BCUT2D eigenvalue weighted by Gasteiger charge is 2.02. The maximum absolute atomic E-state index is 10.6. The van der Waals surface area contributed by atoms with Crippen LogP contribution in [0.15, 0.2) is 23.3 Å². The summed E-state index contributed by atoms with van der Waals surface area (Å²) in [5.74, 6) is 0.202. The van der Waals surface area contributed by atoms with Gasteiger partial charge < -0.3 is 9.84 Å². The molecule has 0 aliphatic heterocycles. The van der Waals surface area contributed by atoms with Gasteiger partial charge in [-0.2, -0.15) is 0 Å². The monoisotopic (exact) mass is 254 g/mol. The maximum atomic E-state index is 10.6. The Hall–Kier alpha value is -1.09. The molecule has 0 amide bonds. The summed E-state index contributed by atoms with van der Waals surface area (Å²) in [6.45, 7) is 8.31. The molecule has 1 atom stereocenters. The SMILES string of the molecule is CC(=O)OC/C=C(\C)CC/C=C(\C)[C@H](C)CCO. The van der Waals surface area contributed by atoms with Gasteiger partial charge in [-0.3, -0.25) is 4.79 Å². The van der Waals surface area contributed by atoms with E-state index in [4.69, 9.17) is 9.84 Å². The van der Waals surface area contributed by atoms with Crippen LogP contribution in [0.2, 0.25) is 0 Å². The molecule has 1 N–H and O–H groups in total. The number of carbonyl (C=O) groups excluding carboxylic acids is 1. The number of aliphatic hydroxyl groups excluding tert-OH is 1. The highest BCUT2D eigenvalue weighted by molar-refractivity contribution is 5.66.